The second-order valence-corrected chi connectivity index (χ2v) is 0. The minimum Gasteiger partial charge on any atom is 2.00 e. The van der Waals surface area contributed by atoms with Gasteiger partial charge >= 0.3 is 115 Å². The molecule has 0 saturated carbocycles. The Bertz CT molecular complexity index is 16.0. The zero-order chi connectivity index (χ0) is 2.00. The minimum absolute atomic E-state index is 0. The molecule has 0 aliphatic carbocycles. The van der Waals surface area contributed by atoms with Crippen LogP contribution in [0.4, 0.5) is 0 Å². The van der Waals surface area contributed by atoms with E-state index in [4.69, 9.17) is 3.67 Å². The number of rotatable bonds is 0. The van der Waals surface area contributed by atoms with Gasteiger partial charge in [0.2, 0.25) is 0 Å². The van der Waals surface area contributed by atoms with Gasteiger partial charge in [0.25, 0.3) is 0 Å². The summed E-state index contributed by atoms with van der Waals surface area (Å²) in [5.41, 5.74) is 0. The van der Waals surface area contributed by atoms with E-state index in [0.717, 1.165) is 17.4 Å². The molecule has 0 spiro atoms. The fraction of sp³-hybridized carbons (Fsp3) is 0. The summed E-state index contributed by atoms with van der Waals surface area (Å²) in [5.74, 6) is 0. The largest absolute Gasteiger partial charge is 2.00 e. The second-order valence-electron chi connectivity index (χ2n) is 0. The van der Waals surface area contributed by atoms with Crippen LogP contribution in [0.2, 0.25) is 0 Å². The van der Waals surface area contributed by atoms with Gasteiger partial charge in [-0.2, -0.15) is 0 Å². The first-order valence-corrected chi connectivity index (χ1v) is 0.753. The van der Waals surface area contributed by atoms with Crippen LogP contribution in [-0.4, -0.2) is 94.4 Å². The molecule has 0 unspecified atom stereocenters. The Morgan fingerprint density at radius 1 is 1.50 bits per heavy atom. The molecule has 0 fully saturated rings. The van der Waals surface area contributed by atoms with E-state index >= 15 is 0 Å². The molecule has 0 aromatic rings. The van der Waals surface area contributed by atoms with Gasteiger partial charge in [0.15, 0.2) is 0 Å². The van der Waals surface area contributed by atoms with Gasteiger partial charge in [0.05, 0.1) is 0 Å². The maximum absolute atomic E-state index is 8.19. The maximum atomic E-state index is 8.19. The third kappa shape index (κ3) is 9.06. The first-order valence-electron chi connectivity index (χ1n) is 0.183. The fourth-order valence-electron chi connectivity index (χ4n) is 0. The molecule has 0 aromatic carbocycles. The SMILES string of the molecule is [Ba+2].[H-].[H-].[H-].[H-].[O]=[V].[Sr+2]. The van der Waals surface area contributed by atoms with Crippen molar-refractivity contribution in [1.29, 1.82) is 0 Å². The predicted octanol–water partition coefficient (Wildman–Crippen LogP) is -0.433. The van der Waals surface area contributed by atoms with Crippen molar-refractivity contribution in [3.05, 3.63) is 0 Å². The standard InChI is InChI=1S/Ba.O.Sr.V.4H/q+2;;+2;;4*-1. The van der Waals surface area contributed by atoms with Crippen molar-refractivity contribution in [3.8, 4) is 0 Å². The number of hydrogen-bond acceptors (Lipinski definition) is 1. The van der Waals surface area contributed by atoms with Crippen LogP contribution in [-0.2, 0) is 21.0 Å². The predicted molar refractivity (Wildman–Crippen MR) is 16.6 cm³/mol. The Labute approximate surface area is 118 Å². The van der Waals surface area contributed by atoms with E-state index in [0.29, 0.717) is 0 Å². The molecule has 4 heteroatoms. The van der Waals surface area contributed by atoms with Gasteiger partial charge in [-0.3, -0.25) is 0 Å². The monoisotopic (exact) mass is 297 g/mol. The summed E-state index contributed by atoms with van der Waals surface area (Å²) < 4.78 is 8.19. The van der Waals surface area contributed by atoms with E-state index in [9.17, 15) is 0 Å². The van der Waals surface area contributed by atoms with Crippen LogP contribution in [0.25, 0.3) is 0 Å². The molecule has 0 atom stereocenters. The summed E-state index contributed by atoms with van der Waals surface area (Å²) in [5, 5.41) is 0. The zero-order valence-electron chi connectivity index (χ0n) is 6.27. The van der Waals surface area contributed by atoms with Crippen molar-refractivity contribution >= 4 is 94.4 Å². The Morgan fingerprint density at radius 3 is 1.50 bits per heavy atom. The second kappa shape index (κ2) is 16.1. The molecule has 0 heterocycles. The Hall–Kier alpha value is 3.44. The van der Waals surface area contributed by atoms with Gasteiger partial charge in [0, 0.05) is 0 Å². The summed E-state index contributed by atoms with van der Waals surface area (Å²) in [6, 6.07) is 0. The summed E-state index contributed by atoms with van der Waals surface area (Å²) in [6.07, 6.45) is 0. The van der Waals surface area contributed by atoms with Crippen LogP contribution in [0.1, 0.15) is 5.71 Å². The summed E-state index contributed by atoms with van der Waals surface area (Å²) in [4.78, 5) is 0. The zero-order valence-corrected chi connectivity index (χ0v) is 11.6. The third-order valence-electron chi connectivity index (χ3n) is 0. The molecule has 0 saturated heterocycles. The molecular weight excluding hydrogens is 292 g/mol. The molecule has 0 N–H and O–H groups in total. The van der Waals surface area contributed by atoms with Crippen LogP contribution >= 0.6 is 0 Å². The van der Waals surface area contributed by atoms with Crippen LogP contribution in [0.3, 0.4) is 0 Å². The molecule has 0 amide bonds. The van der Waals surface area contributed by atoms with E-state index in [-0.39, 0.29) is 100 Å². The Balaban J connectivity index is -0.000000000333. The molecule has 0 rings (SSSR count). The molecule has 0 aliphatic heterocycles. The fourth-order valence-corrected chi connectivity index (χ4v) is 0. The van der Waals surface area contributed by atoms with E-state index in [2.05, 4.69) is 0 Å². The van der Waals surface area contributed by atoms with Crippen LogP contribution in [0, 0.1) is 0 Å². The normalized spacial score (nSPS) is 0.750. The smallest absolute Gasteiger partial charge is 2.00 e. The molecule has 0 aliphatic rings. The third-order valence-corrected chi connectivity index (χ3v) is 0. The minimum atomic E-state index is 0. The molecule has 0 radical (unpaired) electrons. The van der Waals surface area contributed by atoms with E-state index in [1.807, 2.05) is 0 Å². The van der Waals surface area contributed by atoms with Gasteiger partial charge in [-0.05, 0) is 0 Å². The van der Waals surface area contributed by atoms with E-state index in [1.54, 1.807) is 0 Å². The van der Waals surface area contributed by atoms with Gasteiger partial charge < -0.3 is 5.71 Å². The van der Waals surface area contributed by atoms with Crippen molar-refractivity contribution in [2.24, 2.45) is 0 Å². The number of hydrogen-bond donors (Lipinski definition) is 0. The first kappa shape index (κ1) is 15.7. The average molecular weight is 296 g/mol. The topological polar surface area (TPSA) is 17.1 Å². The average Bonchev–Trinajstić information content (AvgIpc) is 1.00. The molecule has 0 aromatic heterocycles. The summed E-state index contributed by atoms with van der Waals surface area (Å²) >= 11 is 1.06. The molecule has 19 valence electrons. The maximum Gasteiger partial charge on any atom is 2.00 e. The Kier molecular flexibility index (Phi) is 63.0. The van der Waals surface area contributed by atoms with Gasteiger partial charge in [-0.15, -0.1) is 0 Å². The van der Waals surface area contributed by atoms with Crippen LogP contribution in [0.15, 0.2) is 0 Å². The summed E-state index contributed by atoms with van der Waals surface area (Å²) in [7, 11) is 0. The molecule has 0 bridgehead atoms. The van der Waals surface area contributed by atoms with Crippen molar-refractivity contribution < 1.29 is 26.7 Å². The van der Waals surface area contributed by atoms with Crippen molar-refractivity contribution in [3.63, 3.8) is 0 Å². The van der Waals surface area contributed by atoms with Gasteiger partial charge in [-0.1, -0.05) is 0 Å². The van der Waals surface area contributed by atoms with Crippen molar-refractivity contribution in [2.75, 3.05) is 0 Å². The van der Waals surface area contributed by atoms with Gasteiger partial charge in [-0.25, -0.2) is 0 Å². The molecule has 1 nitrogen and oxygen atoms in total. The van der Waals surface area contributed by atoms with Crippen molar-refractivity contribution in [1.82, 2.24) is 0 Å². The summed E-state index contributed by atoms with van der Waals surface area (Å²) in [6.45, 7) is 0. The van der Waals surface area contributed by atoms with E-state index < -0.39 is 0 Å². The van der Waals surface area contributed by atoms with E-state index in [1.165, 1.54) is 0 Å². The van der Waals surface area contributed by atoms with Gasteiger partial charge in [0.1, 0.15) is 0 Å². The van der Waals surface area contributed by atoms with Crippen LogP contribution < -0.4 is 0 Å². The Morgan fingerprint density at radius 2 is 1.50 bits per heavy atom. The van der Waals surface area contributed by atoms with Crippen LogP contribution in [0.5, 0.6) is 0 Å². The molecular formula is H4BaOSrV. The van der Waals surface area contributed by atoms with Crippen molar-refractivity contribution in [2.45, 2.75) is 0 Å². The molecule has 4 heavy (non-hydrogen) atoms. The first-order chi connectivity index (χ1) is 1.00. The quantitative estimate of drug-likeness (QED) is 0.554.